The summed E-state index contributed by atoms with van der Waals surface area (Å²) in [5.74, 6) is 0. The molecular weight excluding hydrogens is 344 g/mol. The fraction of sp³-hybridized carbons (Fsp3) is 0.250. The lowest BCUT2D eigenvalue weighted by Crippen LogP contribution is -2.50. The monoisotopic (exact) mass is 368 g/mol. The van der Waals surface area contributed by atoms with Crippen molar-refractivity contribution in [3.8, 4) is 11.3 Å². The Kier molecular flexibility index (Phi) is 5.57. The molecular formula is C20H24N4O3. The normalized spacial score (nSPS) is 11.6. The van der Waals surface area contributed by atoms with Gasteiger partial charge in [-0.2, -0.15) is 0 Å². The van der Waals surface area contributed by atoms with Gasteiger partial charge in [-0.3, -0.25) is 0 Å². The molecule has 7 nitrogen and oxygen atoms in total. The topological polar surface area (TPSA) is 120 Å². The van der Waals surface area contributed by atoms with Crippen molar-refractivity contribution in [3.63, 3.8) is 0 Å². The highest BCUT2D eigenvalue weighted by Crippen LogP contribution is 2.31. The van der Waals surface area contributed by atoms with E-state index in [1.807, 2.05) is 12.3 Å². The van der Waals surface area contributed by atoms with Crippen LogP contribution in [-0.4, -0.2) is 55.2 Å². The molecule has 3 heterocycles. The van der Waals surface area contributed by atoms with E-state index in [1.54, 1.807) is 0 Å². The van der Waals surface area contributed by atoms with E-state index in [0.717, 1.165) is 16.7 Å². The Bertz CT molecular complexity index is 993. The van der Waals surface area contributed by atoms with Gasteiger partial charge in [-0.15, -0.1) is 0 Å². The lowest BCUT2D eigenvalue weighted by atomic mass is 10.1. The van der Waals surface area contributed by atoms with E-state index >= 15 is 0 Å². The van der Waals surface area contributed by atoms with Gasteiger partial charge in [-0.05, 0) is 24.3 Å². The molecule has 142 valence electrons. The van der Waals surface area contributed by atoms with Crippen LogP contribution in [0.2, 0.25) is 0 Å². The third-order valence-corrected chi connectivity index (χ3v) is 4.52. The Morgan fingerprint density at radius 1 is 1.07 bits per heavy atom. The second-order valence-corrected chi connectivity index (χ2v) is 6.63. The Morgan fingerprint density at radius 2 is 1.78 bits per heavy atom. The second-order valence-electron chi connectivity index (χ2n) is 6.63. The molecule has 0 aliphatic heterocycles. The van der Waals surface area contributed by atoms with Crippen LogP contribution in [-0.2, 0) is 7.05 Å². The van der Waals surface area contributed by atoms with Crippen LogP contribution in [0.1, 0.15) is 0 Å². The number of nitrogens with two attached hydrogens (primary N) is 1. The number of hydrogen-bond acceptors (Lipinski definition) is 5. The first-order valence-corrected chi connectivity index (χ1v) is 8.61. The standard InChI is InChI=1S/C16H13N3.C4H11NO3/c1-19-10-13(12-6-2-3-7-15(12)19)14-9-11-5-4-8-17-16(11)18-14;5-4(1-6,2-7)3-8/h2-10H,1H3,(H,17,18);6-8H,1-3,5H2. The molecule has 0 aliphatic rings. The van der Waals surface area contributed by atoms with Gasteiger partial charge in [0.05, 0.1) is 25.4 Å². The van der Waals surface area contributed by atoms with Gasteiger partial charge in [0.2, 0.25) is 0 Å². The summed E-state index contributed by atoms with van der Waals surface area (Å²) in [4.78, 5) is 7.74. The molecule has 4 aromatic rings. The van der Waals surface area contributed by atoms with Gasteiger partial charge in [0.15, 0.2) is 0 Å². The molecule has 3 aromatic heterocycles. The van der Waals surface area contributed by atoms with Crippen molar-refractivity contribution < 1.29 is 15.3 Å². The van der Waals surface area contributed by atoms with Crippen LogP contribution >= 0.6 is 0 Å². The summed E-state index contributed by atoms with van der Waals surface area (Å²) in [5.41, 5.74) is 8.45. The number of rotatable bonds is 4. The maximum atomic E-state index is 8.34. The summed E-state index contributed by atoms with van der Waals surface area (Å²) in [7, 11) is 2.08. The molecule has 0 fully saturated rings. The zero-order chi connectivity index (χ0) is 19.4. The third-order valence-electron chi connectivity index (χ3n) is 4.52. The zero-order valence-electron chi connectivity index (χ0n) is 15.1. The summed E-state index contributed by atoms with van der Waals surface area (Å²) in [6.07, 6.45) is 3.97. The maximum absolute atomic E-state index is 8.34. The molecule has 0 spiro atoms. The molecule has 1 aromatic carbocycles. The van der Waals surface area contributed by atoms with Crippen molar-refractivity contribution in [1.29, 1.82) is 0 Å². The van der Waals surface area contributed by atoms with Crippen LogP contribution < -0.4 is 5.73 Å². The number of H-pyrrole nitrogens is 1. The second kappa shape index (κ2) is 7.89. The number of para-hydroxylation sites is 1. The predicted molar refractivity (Wildman–Crippen MR) is 106 cm³/mol. The number of benzene rings is 1. The summed E-state index contributed by atoms with van der Waals surface area (Å²) >= 11 is 0. The van der Waals surface area contributed by atoms with Gasteiger partial charge in [0.1, 0.15) is 5.65 Å². The van der Waals surface area contributed by atoms with Crippen molar-refractivity contribution in [2.75, 3.05) is 19.8 Å². The molecule has 0 atom stereocenters. The minimum absolute atomic E-state index is 0.403. The van der Waals surface area contributed by atoms with Crippen LogP contribution in [0, 0.1) is 0 Å². The molecule has 0 unspecified atom stereocenters. The molecule has 0 aliphatic carbocycles. The Labute approximate surface area is 156 Å². The number of nitrogens with one attached hydrogen (secondary N) is 1. The first-order chi connectivity index (χ1) is 13.0. The molecule has 6 N–H and O–H groups in total. The minimum atomic E-state index is -1.21. The van der Waals surface area contributed by atoms with Gasteiger partial charge in [0, 0.05) is 47.0 Å². The number of hydrogen-bond donors (Lipinski definition) is 5. The van der Waals surface area contributed by atoms with Crippen molar-refractivity contribution >= 4 is 21.9 Å². The molecule has 0 amide bonds. The number of nitrogens with zero attached hydrogens (tertiary/aromatic N) is 2. The van der Waals surface area contributed by atoms with E-state index in [9.17, 15) is 0 Å². The lowest BCUT2D eigenvalue weighted by Gasteiger charge is -2.20. The lowest BCUT2D eigenvalue weighted by molar-refractivity contribution is 0.0698. The first-order valence-electron chi connectivity index (χ1n) is 8.61. The van der Waals surface area contributed by atoms with Gasteiger partial charge in [-0.1, -0.05) is 18.2 Å². The summed E-state index contributed by atoms with van der Waals surface area (Å²) in [6, 6.07) is 14.6. The number of aliphatic hydroxyl groups is 3. The smallest absolute Gasteiger partial charge is 0.137 e. The quantitative estimate of drug-likeness (QED) is 0.373. The summed E-state index contributed by atoms with van der Waals surface area (Å²) in [5, 5.41) is 27.4. The molecule has 7 heteroatoms. The number of pyridine rings is 1. The van der Waals surface area contributed by atoms with Crippen LogP contribution in [0.25, 0.3) is 33.2 Å². The van der Waals surface area contributed by atoms with Crippen LogP contribution in [0.15, 0.2) is 54.9 Å². The van der Waals surface area contributed by atoms with E-state index in [1.165, 1.54) is 16.5 Å². The fourth-order valence-electron chi connectivity index (χ4n) is 2.81. The fourth-order valence-corrected chi connectivity index (χ4v) is 2.81. The van der Waals surface area contributed by atoms with Crippen LogP contribution in [0.4, 0.5) is 0 Å². The van der Waals surface area contributed by atoms with Crippen molar-refractivity contribution in [1.82, 2.24) is 14.5 Å². The minimum Gasteiger partial charge on any atom is -0.394 e. The average Bonchev–Trinajstić information content (AvgIpc) is 3.29. The van der Waals surface area contributed by atoms with E-state index in [2.05, 4.69) is 64.2 Å². The summed E-state index contributed by atoms with van der Waals surface area (Å²) < 4.78 is 2.16. The Morgan fingerprint density at radius 3 is 2.41 bits per heavy atom. The number of fused-ring (bicyclic) bond motifs is 2. The van der Waals surface area contributed by atoms with Crippen LogP contribution in [0.5, 0.6) is 0 Å². The molecule has 27 heavy (non-hydrogen) atoms. The molecule has 0 bridgehead atoms. The van der Waals surface area contributed by atoms with Gasteiger partial charge in [-0.25, -0.2) is 4.98 Å². The number of aromatic amines is 1. The van der Waals surface area contributed by atoms with Crippen LogP contribution in [0.3, 0.4) is 0 Å². The van der Waals surface area contributed by atoms with Gasteiger partial charge < -0.3 is 30.6 Å². The highest BCUT2D eigenvalue weighted by Gasteiger charge is 2.20. The van der Waals surface area contributed by atoms with Crippen molar-refractivity contribution in [2.24, 2.45) is 12.8 Å². The predicted octanol–water partition coefficient (Wildman–Crippen LogP) is 1.38. The van der Waals surface area contributed by atoms with Gasteiger partial charge in [0.25, 0.3) is 0 Å². The molecule has 0 saturated heterocycles. The van der Waals surface area contributed by atoms with E-state index < -0.39 is 25.4 Å². The zero-order valence-corrected chi connectivity index (χ0v) is 15.1. The highest BCUT2D eigenvalue weighted by atomic mass is 16.3. The molecule has 0 saturated carbocycles. The van der Waals surface area contributed by atoms with E-state index in [-0.39, 0.29) is 0 Å². The SMILES string of the molecule is Cn1cc(-c2cc3cccnc3[nH]2)c2ccccc21.NC(CO)(CO)CO. The number of aliphatic hydroxyl groups excluding tert-OH is 3. The average molecular weight is 368 g/mol. The molecule has 4 rings (SSSR count). The van der Waals surface area contributed by atoms with E-state index in [4.69, 9.17) is 21.1 Å². The maximum Gasteiger partial charge on any atom is 0.137 e. The van der Waals surface area contributed by atoms with E-state index in [0.29, 0.717) is 0 Å². The Hall–Kier alpha value is -2.71. The largest absolute Gasteiger partial charge is 0.394 e. The molecule has 0 radical (unpaired) electrons. The number of aromatic nitrogens is 3. The first kappa shape index (κ1) is 19.1. The number of aryl methyl sites for hydroxylation is 1. The highest BCUT2D eigenvalue weighted by molar-refractivity contribution is 5.97. The van der Waals surface area contributed by atoms with Gasteiger partial charge >= 0.3 is 0 Å². The Balaban J connectivity index is 0.000000226. The third kappa shape index (κ3) is 3.86. The van der Waals surface area contributed by atoms with Crippen molar-refractivity contribution in [2.45, 2.75) is 5.54 Å². The van der Waals surface area contributed by atoms with Crippen molar-refractivity contribution in [3.05, 3.63) is 54.9 Å². The summed E-state index contributed by atoms with van der Waals surface area (Å²) in [6.45, 7) is -1.21.